The molecule has 9 aromatic carbocycles. The van der Waals surface area contributed by atoms with Crippen LogP contribution in [0.15, 0.2) is 291 Å². The van der Waals surface area contributed by atoms with E-state index in [-0.39, 0.29) is 70.6 Å². The predicted molar refractivity (Wildman–Crippen MR) is 484 cm³/mol. The highest BCUT2D eigenvalue weighted by molar-refractivity contribution is 6.76. The average Bonchev–Trinajstić information content (AvgIpc) is 0.759. The number of nitrogens with zero attached hydrogens (tertiary/aromatic N) is 3. The maximum absolute atomic E-state index is 15.8. The number of allylic oxidation sites excluding steroid dienone is 1. The number of rotatable bonds is 42. The van der Waals surface area contributed by atoms with Crippen molar-refractivity contribution in [3.05, 3.63) is 346 Å². The van der Waals surface area contributed by atoms with Crippen LogP contribution in [0.5, 0.6) is 0 Å². The third kappa shape index (κ3) is 26.8. The van der Waals surface area contributed by atoms with E-state index in [4.69, 9.17) is 130 Å². The fourth-order valence-corrected chi connectivity index (χ4v) is 16.7. The molecule has 5 aliphatic heterocycles. The highest BCUT2D eigenvalue weighted by Gasteiger charge is 2.61. The Bertz CT molecular complexity index is 4990. The number of benzene rings is 9. The quantitative estimate of drug-likeness (QED) is 0.00707. The molecule has 14 rings (SSSR count). The molecule has 0 aliphatic carbocycles. The molecule has 30 heteroatoms. The van der Waals surface area contributed by atoms with Gasteiger partial charge in [0, 0.05) is 12.0 Å². The summed E-state index contributed by atoms with van der Waals surface area (Å²) in [6, 6.07) is 80.5. The summed E-state index contributed by atoms with van der Waals surface area (Å²) in [5, 5.41) is 7.15. The molecular weight excluding hydrogens is 1740 g/mol. The molecule has 5 heterocycles. The molecule has 0 radical (unpaired) electrons. The van der Waals surface area contributed by atoms with Crippen molar-refractivity contribution in [2.75, 3.05) is 20.3 Å². The Morgan fingerprint density at radius 1 is 0.389 bits per heavy atom. The second kappa shape index (κ2) is 49.0. The molecule has 0 spiro atoms. The van der Waals surface area contributed by atoms with E-state index in [1.165, 1.54) is 7.11 Å². The zero-order valence-corrected chi connectivity index (χ0v) is 75.6. The minimum atomic E-state index is -2.58. The monoisotopic (exact) mass is 1850 g/mol. The second-order valence-corrected chi connectivity index (χ2v) is 34.8. The van der Waals surface area contributed by atoms with Gasteiger partial charge in [0.05, 0.1) is 101 Å². The zero-order valence-electron chi connectivity index (χ0n) is 73.3. The van der Waals surface area contributed by atoms with Gasteiger partial charge in [0.15, 0.2) is 43.7 Å². The fourth-order valence-electron chi connectivity index (χ4n) is 16.6. The maximum Gasteiger partial charge on any atom is 0.338 e. The van der Waals surface area contributed by atoms with E-state index < -0.39 is 175 Å². The van der Waals surface area contributed by atoms with E-state index >= 15 is 9.59 Å². The number of methoxy groups -OCH3 is 1. The van der Waals surface area contributed by atoms with Crippen LogP contribution in [-0.2, 0) is 146 Å². The summed E-state index contributed by atoms with van der Waals surface area (Å²) in [6.07, 6.45) is -28.5. The Labute approximate surface area is 778 Å². The number of azide groups is 1. The van der Waals surface area contributed by atoms with E-state index in [0.29, 0.717) is 12.8 Å². The number of hydrogen-bond acceptors (Lipinski definition) is 24. The molecule has 5 saturated heterocycles. The van der Waals surface area contributed by atoms with Crippen molar-refractivity contribution in [3.8, 4) is 0 Å². The van der Waals surface area contributed by atoms with E-state index in [1.54, 1.807) is 94.4 Å². The molecule has 0 aromatic heterocycles. The lowest BCUT2D eigenvalue weighted by molar-refractivity contribution is -0.399. The lowest BCUT2D eigenvalue weighted by atomic mass is 9.94. The average molecular weight is 1860 g/mol. The molecule has 1 N–H and O–H groups in total. The SMILES string of the molecule is C=CCCCOC1O[C@H](COCc2ccccc2)[C@H](OCc2ccccc2)[C@H](O[C@@H]2O[C@@H](C)[C@H](OCc3ccccc3)[C@@H](OCc3ccccc3)[C@H]2O[C@@H]2O[C@@H](C)[C@H](OCc3ccccc3)[C@@H](O[C@@H]3O[C@@H](C)[C@H](OCc4ccccc4)[C@@H](O[C@@H]4O[C@H](C)[C@@H](N=[N+]=[N-])[C@H](OCc5ccccc5)[C@H]4OC)[C@H]3OC(=O)c3ccccc3)[C@H]2OC(=O)c2ccccc2)[C@H]1NC(=O)C(Cl)(Cl)Cl. The van der Waals surface area contributed by atoms with Crippen molar-refractivity contribution >= 4 is 52.6 Å². The predicted octanol–water partition coefficient (Wildman–Crippen LogP) is 16.9. The third-order valence-corrected chi connectivity index (χ3v) is 23.7. The number of halogens is 3. The van der Waals surface area contributed by atoms with Gasteiger partial charge >= 0.3 is 11.9 Å². The molecule has 25 atom stereocenters. The summed E-state index contributed by atoms with van der Waals surface area (Å²) in [5.41, 5.74) is 15.9. The summed E-state index contributed by atoms with van der Waals surface area (Å²) in [6.45, 7) is 10.9. The van der Waals surface area contributed by atoms with Gasteiger partial charge in [-0.25, -0.2) is 9.59 Å². The molecule has 694 valence electrons. The van der Waals surface area contributed by atoms with Gasteiger partial charge in [-0.15, -0.1) is 6.58 Å². The molecule has 27 nitrogen and oxygen atoms in total. The minimum absolute atomic E-state index is 0.0122. The molecule has 0 bridgehead atoms. The normalized spacial score (nSPS) is 29.1. The molecule has 131 heavy (non-hydrogen) atoms. The maximum atomic E-state index is 15.8. The number of alkyl halides is 3. The first-order valence-electron chi connectivity index (χ1n) is 44.0. The lowest BCUT2D eigenvalue weighted by Crippen LogP contribution is -2.70. The van der Waals surface area contributed by atoms with Crippen LogP contribution in [0.25, 0.3) is 10.4 Å². The van der Waals surface area contributed by atoms with Crippen molar-refractivity contribution < 1.29 is 109 Å². The number of carbonyl (C=O) groups is 3. The first-order valence-corrected chi connectivity index (χ1v) is 45.1. The summed E-state index contributed by atoms with van der Waals surface area (Å²) in [7, 11) is 1.45. The molecule has 0 saturated carbocycles. The summed E-state index contributed by atoms with van der Waals surface area (Å²) in [4.78, 5) is 49.3. The van der Waals surface area contributed by atoms with Crippen molar-refractivity contribution in [1.82, 2.24) is 5.32 Å². The molecule has 5 fully saturated rings. The number of carbonyl (C=O) groups excluding carboxylic acids is 3. The van der Waals surface area contributed by atoms with Gasteiger partial charge in [-0.3, -0.25) is 4.79 Å². The summed E-state index contributed by atoms with van der Waals surface area (Å²) in [5.74, 6) is -2.80. The van der Waals surface area contributed by atoms with Gasteiger partial charge in [-0.1, -0.05) is 295 Å². The number of unbranched alkanes of at least 4 members (excludes halogenated alkanes) is 1. The fraction of sp³-hybridized carbons (Fsp3) is 0.416. The van der Waals surface area contributed by atoms with Crippen molar-refractivity contribution in [2.45, 2.75) is 244 Å². The van der Waals surface area contributed by atoms with Crippen LogP contribution in [0.4, 0.5) is 0 Å². The van der Waals surface area contributed by atoms with E-state index in [1.807, 2.05) is 212 Å². The highest BCUT2D eigenvalue weighted by Crippen LogP contribution is 2.43. The van der Waals surface area contributed by atoms with Gasteiger partial charge in [0.1, 0.15) is 79.3 Å². The van der Waals surface area contributed by atoms with Crippen LogP contribution >= 0.6 is 34.8 Å². The van der Waals surface area contributed by atoms with Crippen LogP contribution in [0, 0.1) is 0 Å². The van der Waals surface area contributed by atoms with E-state index in [0.717, 1.165) is 38.9 Å². The summed E-state index contributed by atoms with van der Waals surface area (Å²) < 4.78 is 140. The number of nitrogens with one attached hydrogen (secondary N) is 1. The van der Waals surface area contributed by atoms with Crippen LogP contribution in [0.3, 0.4) is 0 Å². The van der Waals surface area contributed by atoms with Crippen LogP contribution < -0.4 is 5.32 Å². The zero-order chi connectivity index (χ0) is 91.4. The van der Waals surface area contributed by atoms with Crippen molar-refractivity contribution in [3.63, 3.8) is 0 Å². The first-order chi connectivity index (χ1) is 63.9. The first kappa shape index (κ1) is 97.6. The minimum Gasteiger partial charge on any atom is -0.450 e. The number of amides is 1. The molecule has 9 aromatic rings. The number of ether oxygens (including phenoxy) is 20. The number of hydrogen-bond donors (Lipinski definition) is 1. The van der Waals surface area contributed by atoms with Crippen LogP contribution in [0.1, 0.15) is 100 Å². The Morgan fingerprint density at radius 2 is 0.718 bits per heavy atom. The van der Waals surface area contributed by atoms with Crippen LogP contribution in [0.2, 0.25) is 0 Å². The van der Waals surface area contributed by atoms with Gasteiger partial charge < -0.3 is 100 Å². The molecule has 1 amide bonds. The lowest BCUT2D eigenvalue weighted by Gasteiger charge is -2.52. The van der Waals surface area contributed by atoms with Gasteiger partial charge in [0.25, 0.3) is 9.70 Å². The second-order valence-electron chi connectivity index (χ2n) is 32.5. The summed E-state index contributed by atoms with van der Waals surface area (Å²) >= 11 is 19.7. The molecule has 1 unspecified atom stereocenters. The third-order valence-electron chi connectivity index (χ3n) is 23.2. The van der Waals surface area contributed by atoms with Gasteiger partial charge in [0.2, 0.25) is 0 Å². The van der Waals surface area contributed by atoms with Crippen molar-refractivity contribution in [1.29, 1.82) is 0 Å². The van der Waals surface area contributed by atoms with Gasteiger partial charge in [-0.05, 0) is 109 Å². The van der Waals surface area contributed by atoms with E-state index in [2.05, 4.69) is 21.9 Å². The van der Waals surface area contributed by atoms with Crippen LogP contribution in [-0.4, -0.2) is 195 Å². The van der Waals surface area contributed by atoms with Gasteiger partial charge in [-0.2, -0.15) is 0 Å². The Hall–Kier alpha value is -9.41. The Kier molecular flexibility index (Phi) is 36.5. The molecular formula is C101H111Cl3N4O23. The topological polar surface area (TPSA) is 297 Å². The largest absolute Gasteiger partial charge is 0.450 e. The molecule has 5 aliphatic rings. The Balaban J connectivity index is 0.932. The number of esters is 2. The highest BCUT2D eigenvalue weighted by atomic mass is 35.6. The van der Waals surface area contributed by atoms with Crippen molar-refractivity contribution in [2.24, 2.45) is 5.11 Å². The smallest absolute Gasteiger partial charge is 0.338 e. The standard InChI is InChI=1S/C101H111Cl3N4O23/c1-7-8-36-55-114-95-79(106-100(111)101(102,103)104)85(83(118-60-72-45-26-13-27-46-72)77(125-95)63-113-56-68-37-18-9-19-38-68)128-97-90(86(120-62-74-49-30-15-31-50-74)80(65(3)122-97)115-57-69-39-20-10-21-40-69)131-99-92(127-94(110)76-53-34-17-35-54-76)88(82(67(5)124-99)117-59-71-43-24-12-25-44-71)130-98-91(126-93(109)75-51-32-16-33-52-75)87(81(66(4)123-98)116-58-70-41-22-11-23-42-70)129-96-89(112-6)84(78(107-108-105)64(2)121-96)119-61-73-47-28-14-29-48-73/h7,9-35,37-54,64-67,77-92,95-99H,1,8,36,55-63H2,2-6H3,(H,106,111)/t64-,65+,66+,67+,77-,78-,79-,80+,81+,82+,83+,84+,85-,86-,87-,88-,89-,90-,91-,92-,95?,96+,97+,98+,99+/m1/s1. The Morgan fingerprint density at radius 3 is 1.10 bits per heavy atom. The van der Waals surface area contributed by atoms with E-state index in [9.17, 15) is 10.3 Å².